The summed E-state index contributed by atoms with van der Waals surface area (Å²) >= 11 is 0. The first-order valence-corrected chi connectivity index (χ1v) is 7.37. The summed E-state index contributed by atoms with van der Waals surface area (Å²) < 4.78 is 10.9. The van der Waals surface area contributed by atoms with Gasteiger partial charge >= 0.3 is 0 Å². The molecular weight excluding hydrogens is 250 g/mol. The molecule has 1 aromatic carbocycles. The first-order valence-electron chi connectivity index (χ1n) is 7.37. The first-order chi connectivity index (χ1) is 9.83. The molecule has 2 aromatic rings. The van der Waals surface area contributed by atoms with Crippen molar-refractivity contribution in [3.8, 4) is 11.5 Å². The van der Waals surface area contributed by atoms with Gasteiger partial charge in [-0.05, 0) is 49.4 Å². The quantitative estimate of drug-likeness (QED) is 0.829. The van der Waals surface area contributed by atoms with Crippen molar-refractivity contribution >= 4 is 10.9 Å². The second-order valence-corrected chi connectivity index (χ2v) is 5.37. The topological polar surface area (TPSA) is 31.4 Å². The average molecular weight is 271 g/mol. The highest BCUT2D eigenvalue weighted by molar-refractivity contribution is 5.90. The monoisotopic (exact) mass is 271 g/mol. The van der Waals surface area contributed by atoms with Gasteiger partial charge in [-0.3, -0.25) is 0 Å². The minimum absolute atomic E-state index is 0.825. The van der Waals surface area contributed by atoms with Crippen LogP contribution in [0.15, 0.2) is 18.2 Å². The second kappa shape index (κ2) is 5.70. The molecule has 3 rings (SSSR count). The molecule has 0 N–H and O–H groups in total. The lowest BCUT2D eigenvalue weighted by molar-refractivity contribution is 0.409. The van der Waals surface area contributed by atoms with Crippen LogP contribution in [-0.4, -0.2) is 19.2 Å². The smallest absolute Gasteiger partial charge is 0.145 e. The molecule has 20 heavy (non-hydrogen) atoms. The first kappa shape index (κ1) is 13.2. The molecular formula is C17H21NO2. The molecule has 1 heterocycles. The van der Waals surface area contributed by atoms with Gasteiger partial charge in [0.15, 0.2) is 0 Å². The van der Waals surface area contributed by atoms with E-state index in [-0.39, 0.29) is 0 Å². The molecule has 106 valence electrons. The fourth-order valence-electron chi connectivity index (χ4n) is 3.03. The van der Waals surface area contributed by atoms with E-state index in [9.17, 15) is 0 Å². The van der Waals surface area contributed by atoms with Gasteiger partial charge in [0.1, 0.15) is 17.0 Å². The van der Waals surface area contributed by atoms with Gasteiger partial charge in [-0.25, -0.2) is 4.98 Å². The van der Waals surface area contributed by atoms with Gasteiger partial charge in [0.05, 0.1) is 14.2 Å². The van der Waals surface area contributed by atoms with Crippen LogP contribution in [0.4, 0.5) is 0 Å². The molecule has 0 amide bonds. The Morgan fingerprint density at radius 1 is 0.900 bits per heavy atom. The van der Waals surface area contributed by atoms with Crippen molar-refractivity contribution in [2.24, 2.45) is 0 Å². The molecule has 1 aliphatic carbocycles. The number of methoxy groups -OCH3 is 2. The van der Waals surface area contributed by atoms with E-state index in [1.807, 2.05) is 12.1 Å². The van der Waals surface area contributed by atoms with E-state index in [1.54, 1.807) is 14.2 Å². The molecule has 1 aliphatic rings. The summed E-state index contributed by atoms with van der Waals surface area (Å²) in [5.74, 6) is 1.70. The van der Waals surface area contributed by atoms with Crippen molar-refractivity contribution in [1.29, 1.82) is 0 Å². The Bertz CT molecular complexity index is 567. The van der Waals surface area contributed by atoms with Gasteiger partial charge in [-0.1, -0.05) is 12.8 Å². The van der Waals surface area contributed by atoms with E-state index >= 15 is 0 Å². The maximum atomic E-state index is 5.48. The highest BCUT2D eigenvalue weighted by atomic mass is 16.5. The lowest BCUT2D eigenvalue weighted by Gasteiger charge is -2.16. The third kappa shape index (κ3) is 2.33. The molecule has 0 spiro atoms. The van der Waals surface area contributed by atoms with E-state index < -0.39 is 0 Å². The zero-order chi connectivity index (χ0) is 13.9. The Balaban J connectivity index is 2.21. The number of hydrogen-bond donors (Lipinski definition) is 0. The van der Waals surface area contributed by atoms with E-state index in [1.165, 1.54) is 36.9 Å². The minimum Gasteiger partial charge on any atom is -0.496 e. The van der Waals surface area contributed by atoms with E-state index in [0.717, 1.165) is 35.2 Å². The van der Waals surface area contributed by atoms with Gasteiger partial charge in [-0.15, -0.1) is 0 Å². The van der Waals surface area contributed by atoms with Crippen LogP contribution >= 0.6 is 0 Å². The predicted molar refractivity (Wildman–Crippen MR) is 80.7 cm³/mol. The van der Waals surface area contributed by atoms with Crippen molar-refractivity contribution in [1.82, 2.24) is 4.98 Å². The fraction of sp³-hybridized carbons (Fsp3) is 0.471. The Morgan fingerprint density at radius 3 is 2.35 bits per heavy atom. The van der Waals surface area contributed by atoms with Crippen LogP contribution in [0.5, 0.6) is 11.5 Å². The highest BCUT2D eigenvalue weighted by Gasteiger charge is 2.14. The Labute approximate surface area is 119 Å². The van der Waals surface area contributed by atoms with Gasteiger partial charge in [-0.2, -0.15) is 0 Å². The molecule has 3 nitrogen and oxygen atoms in total. The normalized spacial score (nSPS) is 15.3. The van der Waals surface area contributed by atoms with Crippen LogP contribution in [0.1, 0.15) is 36.9 Å². The third-order valence-corrected chi connectivity index (χ3v) is 4.13. The number of benzene rings is 1. The van der Waals surface area contributed by atoms with Crippen molar-refractivity contribution in [3.05, 3.63) is 29.5 Å². The van der Waals surface area contributed by atoms with Crippen molar-refractivity contribution in [2.75, 3.05) is 14.2 Å². The van der Waals surface area contributed by atoms with Crippen LogP contribution in [0.3, 0.4) is 0 Å². The van der Waals surface area contributed by atoms with Crippen LogP contribution in [0, 0.1) is 0 Å². The molecule has 3 heteroatoms. The molecule has 1 aromatic heterocycles. The second-order valence-electron chi connectivity index (χ2n) is 5.37. The van der Waals surface area contributed by atoms with Crippen molar-refractivity contribution < 1.29 is 9.47 Å². The molecule has 0 saturated heterocycles. The highest BCUT2D eigenvalue weighted by Crippen LogP contribution is 2.34. The van der Waals surface area contributed by atoms with Gasteiger partial charge in [0.2, 0.25) is 0 Å². The molecule has 0 bridgehead atoms. The molecule has 0 atom stereocenters. The van der Waals surface area contributed by atoms with Crippen molar-refractivity contribution in [2.45, 2.75) is 38.5 Å². The average Bonchev–Trinajstić information content (AvgIpc) is 2.46. The van der Waals surface area contributed by atoms with Crippen LogP contribution in [0.2, 0.25) is 0 Å². The molecule has 0 fully saturated rings. The molecule has 0 radical (unpaired) electrons. The molecule has 0 aliphatic heterocycles. The molecule has 0 saturated carbocycles. The Hall–Kier alpha value is -1.77. The molecule has 0 unspecified atom stereocenters. The number of pyridine rings is 1. The van der Waals surface area contributed by atoms with Crippen molar-refractivity contribution in [3.63, 3.8) is 0 Å². The Kier molecular flexibility index (Phi) is 3.77. The van der Waals surface area contributed by atoms with Crippen LogP contribution in [0.25, 0.3) is 10.9 Å². The fourth-order valence-corrected chi connectivity index (χ4v) is 3.03. The van der Waals surface area contributed by atoms with Crippen LogP contribution in [-0.2, 0) is 12.8 Å². The maximum absolute atomic E-state index is 5.48. The van der Waals surface area contributed by atoms with Gasteiger partial charge in [0, 0.05) is 11.1 Å². The van der Waals surface area contributed by atoms with Gasteiger partial charge < -0.3 is 9.47 Å². The zero-order valence-corrected chi connectivity index (χ0v) is 12.2. The minimum atomic E-state index is 0.825. The van der Waals surface area contributed by atoms with Gasteiger partial charge in [0.25, 0.3) is 0 Å². The zero-order valence-electron chi connectivity index (χ0n) is 12.2. The van der Waals surface area contributed by atoms with E-state index in [4.69, 9.17) is 14.5 Å². The lowest BCUT2D eigenvalue weighted by atomic mass is 9.95. The number of rotatable bonds is 2. The number of fused-ring (bicyclic) bond motifs is 2. The maximum Gasteiger partial charge on any atom is 0.145 e. The summed E-state index contributed by atoms with van der Waals surface area (Å²) in [6.45, 7) is 0. The lowest BCUT2D eigenvalue weighted by Crippen LogP contribution is -2.04. The summed E-state index contributed by atoms with van der Waals surface area (Å²) in [7, 11) is 3.40. The summed E-state index contributed by atoms with van der Waals surface area (Å²) in [4.78, 5) is 4.89. The predicted octanol–water partition coefficient (Wildman–Crippen LogP) is 3.91. The third-order valence-electron chi connectivity index (χ3n) is 4.13. The van der Waals surface area contributed by atoms with E-state index in [0.29, 0.717) is 0 Å². The summed E-state index contributed by atoms with van der Waals surface area (Å²) in [6.07, 6.45) is 7.33. The number of aryl methyl sites for hydroxylation is 2. The SMILES string of the molecule is COc1ccc(OC)c2nc3c(cc12)CCCCCC3. The Morgan fingerprint density at radius 2 is 1.60 bits per heavy atom. The number of ether oxygens (including phenoxy) is 2. The number of nitrogens with zero attached hydrogens (tertiary/aromatic N) is 1. The standard InChI is InChI=1S/C17H21NO2/c1-19-15-9-10-16(20-2)17-13(15)11-12-7-5-3-4-6-8-14(12)18-17/h9-11H,3-8H2,1-2H3. The largest absolute Gasteiger partial charge is 0.496 e. The van der Waals surface area contributed by atoms with E-state index in [2.05, 4.69) is 6.07 Å². The summed E-state index contributed by atoms with van der Waals surface area (Å²) in [6, 6.07) is 6.14. The number of aromatic nitrogens is 1. The van der Waals surface area contributed by atoms with Crippen LogP contribution < -0.4 is 9.47 Å². The summed E-state index contributed by atoms with van der Waals surface area (Å²) in [5, 5.41) is 1.06. The number of hydrogen-bond acceptors (Lipinski definition) is 3. The summed E-state index contributed by atoms with van der Waals surface area (Å²) in [5.41, 5.74) is 3.54.